The average molecular weight is 208 g/mol. The zero-order valence-electron chi connectivity index (χ0n) is 8.71. The van der Waals surface area contributed by atoms with Crippen molar-refractivity contribution in [2.24, 2.45) is 0 Å². The summed E-state index contributed by atoms with van der Waals surface area (Å²) in [5.41, 5.74) is 1.72. The standard InChI is InChI=1S/C12H16OS/c1-12(2,13)10-5-6-11-9(8-10)4-3-7-14-11/h5-6,8,13H,3-4,7H2,1-2H3. The van der Waals surface area contributed by atoms with Gasteiger partial charge in [-0.3, -0.25) is 0 Å². The maximum absolute atomic E-state index is 9.88. The topological polar surface area (TPSA) is 20.2 Å². The van der Waals surface area contributed by atoms with Crippen LogP contribution in [0, 0.1) is 0 Å². The Morgan fingerprint density at radius 1 is 1.36 bits per heavy atom. The van der Waals surface area contributed by atoms with E-state index in [2.05, 4.69) is 12.1 Å². The first-order chi connectivity index (χ1) is 6.57. The average Bonchev–Trinajstić information content (AvgIpc) is 2.16. The molecule has 1 heterocycles. The van der Waals surface area contributed by atoms with Crippen LogP contribution in [0.25, 0.3) is 0 Å². The van der Waals surface area contributed by atoms with Crippen molar-refractivity contribution in [3.8, 4) is 0 Å². The third-order valence-corrected chi connectivity index (χ3v) is 3.82. The number of rotatable bonds is 1. The SMILES string of the molecule is CC(C)(O)c1ccc2c(c1)CCCS2. The van der Waals surface area contributed by atoms with Crippen molar-refractivity contribution >= 4 is 11.8 Å². The molecule has 2 heteroatoms. The molecular weight excluding hydrogens is 192 g/mol. The third-order valence-electron chi connectivity index (χ3n) is 2.61. The molecule has 0 fully saturated rings. The van der Waals surface area contributed by atoms with E-state index in [4.69, 9.17) is 0 Å². The molecule has 0 aliphatic carbocycles. The van der Waals surface area contributed by atoms with Crippen LogP contribution in [0.1, 0.15) is 31.4 Å². The molecule has 14 heavy (non-hydrogen) atoms. The van der Waals surface area contributed by atoms with Gasteiger partial charge in [-0.15, -0.1) is 11.8 Å². The molecule has 1 aliphatic heterocycles. The Morgan fingerprint density at radius 3 is 2.86 bits per heavy atom. The fourth-order valence-corrected chi connectivity index (χ4v) is 2.76. The molecule has 1 N–H and O–H groups in total. The maximum Gasteiger partial charge on any atom is 0.0840 e. The number of thioether (sulfide) groups is 1. The van der Waals surface area contributed by atoms with Gasteiger partial charge in [0.2, 0.25) is 0 Å². The number of aliphatic hydroxyl groups is 1. The number of hydrogen-bond donors (Lipinski definition) is 1. The van der Waals surface area contributed by atoms with Crippen LogP contribution in [0.3, 0.4) is 0 Å². The van der Waals surface area contributed by atoms with Crippen molar-refractivity contribution in [3.63, 3.8) is 0 Å². The Kier molecular flexibility index (Phi) is 2.58. The molecule has 0 bridgehead atoms. The molecule has 0 saturated carbocycles. The fraction of sp³-hybridized carbons (Fsp3) is 0.500. The van der Waals surface area contributed by atoms with E-state index in [-0.39, 0.29) is 0 Å². The smallest absolute Gasteiger partial charge is 0.0840 e. The van der Waals surface area contributed by atoms with Gasteiger partial charge >= 0.3 is 0 Å². The van der Waals surface area contributed by atoms with Gasteiger partial charge < -0.3 is 5.11 Å². The molecule has 1 aliphatic rings. The van der Waals surface area contributed by atoms with Gasteiger partial charge in [-0.25, -0.2) is 0 Å². The van der Waals surface area contributed by atoms with E-state index < -0.39 is 5.60 Å². The molecule has 0 aromatic heterocycles. The van der Waals surface area contributed by atoms with Crippen LogP contribution >= 0.6 is 11.8 Å². The van der Waals surface area contributed by atoms with Gasteiger partial charge in [-0.1, -0.05) is 12.1 Å². The van der Waals surface area contributed by atoms with Crippen LogP contribution in [0.4, 0.5) is 0 Å². The summed E-state index contributed by atoms with van der Waals surface area (Å²) in [6, 6.07) is 6.34. The Hall–Kier alpha value is -0.470. The van der Waals surface area contributed by atoms with E-state index >= 15 is 0 Å². The highest BCUT2D eigenvalue weighted by Gasteiger charge is 2.18. The molecule has 1 aromatic carbocycles. The quantitative estimate of drug-likeness (QED) is 0.765. The molecular formula is C12H16OS. The highest BCUT2D eigenvalue weighted by Crippen LogP contribution is 2.32. The van der Waals surface area contributed by atoms with Gasteiger partial charge in [0.15, 0.2) is 0 Å². The first-order valence-corrected chi connectivity index (χ1v) is 6.04. The van der Waals surface area contributed by atoms with Gasteiger partial charge in [0.1, 0.15) is 0 Å². The highest BCUT2D eigenvalue weighted by molar-refractivity contribution is 7.99. The van der Waals surface area contributed by atoms with Crippen LogP contribution in [0.2, 0.25) is 0 Å². The number of hydrogen-bond acceptors (Lipinski definition) is 2. The lowest BCUT2D eigenvalue weighted by atomic mass is 9.95. The lowest BCUT2D eigenvalue weighted by molar-refractivity contribution is 0.0784. The summed E-state index contributed by atoms with van der Waals surface area (Å²) in [6.45, 7) is 3.68. The van der Waals surface area contributed by atoms with Gasteiger partial charge in [0.25, 0.3) is 0 Å². The zero-order valence-corrected chi connectivity index (χ0v) is 9.53. The molecule has 0 radical (unpaired) electrons. The second-order valence-corrected chi connectivity index (χ2v) is 5.47. The van der Waals surface area contributed by atoms with Gasteiger partial charge in [-0.2, -0.15) is 0 Å². The maximum atomic E-state index is 9.88. The molecule has 0 amide bonds. The second kappa shape index (κ2) is 3.59. The van der Waals surface area contributed by atoms with Crippen molar-refractivity contribution in [3.05, 3.63) is 29.3 Å². The summed E-state index contributed by atoms with van der Waals surface area (Å²) in [6.07, 6.45) is 2.42. The highest BCUT2D eigenvalue weighted by atomic mass is 32.2. The van der Waals surface area contributed by atoms with Gasteiger partial charge in [0.05, 0.1) is 5.60 Å². The molecule has 0 unspecified atom stereocenters. The van der Waals surface area contributed by atoms with Gasteiger partial charge in [0, 0.05) is 4.90 Å². The minimum atomic E-state index is -0.711. The lowest BCUT2D eigenvalue weighted by Crippen LogP contribution is -2.16. The molecule has 0 atom stereocenters. The van der Waals surface area contributed by atoms with E-state index in [0.717, 1.165) is 12.0 Å². The fourth-order valence-electron chi connectivity index (χ4n) is 1.74. The van der Waals surface area contributed by atoms with E-state index in [1.54, 1.807) is 0 Å². The second-order valence-electron chi connectivity index (χ2n) is 4.33. The molecule has 1 aromatic rings. The van der Waals surface area contributed by atoms with Crippen molar-refractivity contribution < 1.29 is 5.11 Å². The van der Waals surface area contributed by atoms with Crippen LogP contribution in [-0.2, 0) is 12.0 Å². The summed E-state index contributed by atoms with van der Waals surface area (Å²) in [5.74, 6) is 1.23. The van der Waals surface area contributed by atoms with Crippen LogP contribution < -0.4 is 0 Å². The van der Waals surface area contributed by atoms with Crippen molar-refractivity contribution in [1.82, 2.24) is 0 Å². The van der Waals surface area contributed by atoms with Crippen molar-refractivity contribution in [2.45, 2.75) is 37.2 Å². The first-order valence-electron chi connectivity index (χ1n) is 5.06. The van der Waals surface area contributed by atoms with Crippen LogP contribution in [0.5, 0.6) is 0 Å². The Morgan fingerprint density at radius 2 is 2.14 bits per heavy atom. The largest absolute Gasteiger partial charge is 0.386 e. The molecule has 76 valence electrons. The predicted molar refractivity (Wildman–Crippen MR) is 60.7 cm³/mol. The minimum absolute atomic E-state index is 0.711. The Balaban J connectivity index is 2.39. The predicted octanol–water partition coefficient (Wildman–Crippen LogP) is 2.95. The molecule has 0 saturated heterocycles. The normalized spacial score (nSPS) is 16.5. The van der Waals surface area contributed by atoms with E-state index in [0.29, 0.717) is 0 Å². The minimum Gasteiger partial charge on any atom is -0.386 e. The molecule has 1 nitrogen and oxygen atoms in total. The van der Waals surface area contributed by atoms with Crippen molar-refractivity contribution in [2.75, 3.05) is 5.75 Å². The first kappa shape index (κ1) is 10.1. The number of fused-ring (bicyclic) bond motifs is 1. The summed E-state index contributed by atoms with van der Waals surface area (Å²) in [4.78, 5) is 1.39. The van der Waals surface area contributed by atoms with E-state index in [1.807, 2.05) is 31.7 Å². The summed E-state index contributed by atoms with van der Waals surface area (Å²) < 4.78 is 0. The van der Waals surface area contributed by atoms with E-state index in [1.165, 1.54) is 22.6 Å². The number of benzene rings is 1. The molecule has 0 spiro atoms. The summed E-state index contributed by atoms with van der Waals surface area (Å²) in [5, 5.41) is 9.88. The Bertz CT molecular complexity index is 339. The van der Waals surface area contributed by atoms with E-state index in [9.17, 15) is 5.11 Å². The van der Waals surface area contributed by atoms with Crippen LogP contribution in [-0.4, -0.2) is 10.9 Å². The lowest BCUT2D eigenvalue weighted by Gasteiger charge is -2.22. The number of aryl methyl sites for hydroxylation is 1. The summed E-state index contributed by atoms with van der Waals surface area (Å²) >= 11 is 1.93. The molecule has 2 rings (SSSR count). The third kappa shape index (κ3) is 1.96. The monoisotopic (exact) mass is 208 g/mol. The van der Waals surface area contributed by atoms with Crippen LogP contribution in [0.15, 0.2) is 23.1 Å². The summed E-state index contributed by atoms with van der Waals surface area (Å²) in [7, 11) is 0. The van der Waals surface area contributed by atoms with Crippen molar-refractivity contribution in [1.29, 1.82) is 0 Å². The Labute approximate surface area is 89.5 Å². The zero-order chi connectivity index (χ0) is 10.2. The van der Waals surface area contributed by atoms with Gasteiger partial charge in [-0.05, 0) is 49.6 Å².